The Labute approximate surface area is 213 Å². The first kappa shape index (κ1) is 28.4. The van der Waals surface area contributed by atoms with Gasteiger partial charge in [0.25, 0.3) is 5.91 Å². The van der Waals surface area contributed by atoms with E-state index in [1.54, 1.807) is 12.1 Å². The van der Waals surface area contributed by atoms with Gasteiger partial charge in [-0.3, -0.25) is 14.7 Å². The first-order valence-corrected chi connectivity index (χ1v) is 12.0. The van der Waals surface area contributed by atoms with Crippen molar-refractivity contribution in [3.63, 3.8) is 0 Å². The smallest absolute Gasteiger partial charge is 0.406 e. The van der Waals surface area contributed by atoms with Crippen molar-refractivity contribution < 1.29 is 35.9 Å². The molecule has 0 bridgehead atoms. The second-order valence-corrected chi connectivity index (χ2v) is 8.98. The van der Waals surface area contributed by atoms with Gasteiger partial charge in [-0.15, -0.1) is 24.5 Å². The Morgan fingerprint density at radius 1 is 1.11 bits per heavy atom. The quantitative estimate of drug-likeness (QED) is 0.312. The molecule has 1 unspecified atom stereocenters. The number of aromatic nitrogens is 2. The number of ether oxygens (including phenoxy) is 1. The van der Waals surface area contributed by atoms with Crippen LogP contribution in [0.3, 0.4) is 0 Å². The highest BCUT2D eigenvalue weighted by molar-refractivity contribution is 7.17. The Hall–Kier alpha value is -3.19. The molecule has 6 nitrogen and oxygen atoms in total. The number of amides is 1. The zero-order valence-electron chi connectivity index (χ0n) is 20.1. The fourth-order valence-electron chi connectivity index (χ4n) is 3.54. The fraction of sp³-hybridized carbons (Fsp3) is 0.375. The molecular formula is C24H24F6N4O2S. The Morgan fingerprint density at radius 3 is 2.43 bits per heavy atom. The molecule has 1 atom stereocenters. The lowest BCUT2D eigenvalue weighted by molar-refractivity contribution is -0.274. The van der Waals surface area contributed by atoms with Gasteiger partial charge in [-0.1, -0.05) is 32.0 Å². The van der Waals surface area contributed by atoms with E-state index in [1.807, 2.05) is 13.8 Å². The molecule has 200 valence electrons. The highest BCUT2D eigenvalue weighted by Crippen LogP contribution is 2.38. The number of hydrogen-bond acceptors (Lipinski definition) is 6. The van der Waals surface area contributed by atoms with Gasteiger partial charge in [0.2, 0.25) is 0 Å². The number of thiazole rings is 1. The van der Waals surface area contributed by atoms with E-state index in [0.29, 0.717) is 23.4 Å². The average Bonchev–Trinajstić information content (AvgIpc) is 3.28. The third kappa shape index (κ3) is 7.41. The van der Waals surface area contributed by atoms with Crippen LogP contribution in [0.4, 0.5) is 26.3 Å². The van der Waals surface area contributed by atoms with Crippen LogP contribution in [-0.4, -0.2) is 40.2 Å². The molecule has 0 aliphatic carbocycles. The van der Waals surface area contributed by atoms with Gasteiger partial charge in [-0.05, 0) is 49.3 Å². The summed E-state index contributed by atoms with van der Waals surface area (Å²) in [5.41, 5.74) is -0.241. The summed E-state index contributed by atoms with van der Waals surface area (Å²) in [7, 11) is 0. The number of hydrogen-bond donors (Lipinski definition) is 1. The van der Waals surface area contributed by atoms with Crippen molar-refractivity contribution in [2.24, 2.45) is 0 Å². The van der Waals surface area contributed by atoms with E-state index in [1.165, 1.54) is 25.3 Å². The number of halogens is 6. The number of alkyl halides is 6. The van der Waals surface area contributed by atoms with Gasteiger partial charge < -0.3 is 10.1 Å². The highest BCUT2D eigenvalue weighted by Gasteiger charge is 2.40. The highest BCUT2D eigenvalue weighted by atomic mass is 32.1. The monoisotopic (exact) mass is 546 g/mol. The van der Waals surface area contributed by atoms with Crippen molar-refractivity contribution in [3.8, 4) is 16.5 Å². The van der Waals surface area contributed by atoms with E-state index in [9.17, 15) is 31.1 Å². The first-order chi connectivity index (χ1) is 17.3. The summed E-state index contributed by atoms with van der Waals surface area (Å²) >= 11 is 0.555. The van der Waals surface area contributed by atoms with Crippen molar-refractivity contribution in [1.29, 1.82) is 0 Å². The zero-order valence-corrected chi connectivity index (χ0v) is 20.9. The zero-order chi connectivity index (χ0) is 27.4. The molecule has 3 rings (SSSR count). The lowest BCUT2D eigenvalue weighted by atomic mass is 10.1. The number of carbonyl (C=O) groups is 1. The summed E-state index contributed by atoms with van der Waals surface area (Å²) in [6.45, 7) is 7.22. The number of pyridine rings is 1. The first-order valence-electron chi connectivity index (χ1n) is 11.2. The van der Waals surface area contributed by atoms with Crippen LogP contribution >= 0.6 is 11.3 Å². The molecule has 0 radical (unpaired) electrons. The number of rotatable bonds is 9. The molecule has 1 aromatic carbocycles. The Morgan fingerprint density at radius 2 is 1.81 bits per heavy atom. The van der Waals surface area contributed by atoms with E-state index >= 15 is 0 Å². The lowest BCUT2D eigenvalue weighted by Gasteiger charge is -2.19. The Bertz CT molecular complexity index is 1220. The largest absolute Gasteiger partial charge is 0.573 e. The molecule has 13 heteroatoms. The SMILES string of the molecule is CCN(CC)Cc1cccnc1-c1nc(C(F)(F)F)c(C(=O)NC(C)c2cccc(OC(F)(F)F)c2)s1. The molecule has 1 N–H and O–H groups in total. The summed E-state index contributed by atoms with van der Waals surface area (Å²) in [6.07, 6.45) is -8.39. The minimum absolute atomic E-state index is 0.0616. The molecule has 0 aliphatic rings. The van der Waals surface area contributed by atoms with Gasteiger partial charge in [0, 0.05) is 12.7 Å². The molecule has 37 heavy (non-hydrogen) atoms. The lowest BCUT2D eigenvalue weighted by Crippen LogP contribution is -2.28. The second-order valence-electron chi connectivity index (χ2n) is 7.98. The van der Waals surface area contributed by atoms with Gasteiger partial charge in [0.15, 0.2) is 5.69 Å². The van der Waals surface area contributed by atoms with Crippen molar-refractivity contribution in [2.45, 2.75) is 45.9 Å². The van der Waals surface area contributed by atoms with Gasteiger partial charge in [-0.2, -0.15) is 13.2 Å². The maximum atomic E-state index is 13.8. The maximum absolute atomic E-state index is 13.8. The van der Waals surface area contributed by atoms with Crippen molar-refractivity contribution in [1.82, 2.24) is 20.2 Å². The van der Waals surface area contributed by atoms with E-state index in [-0.39, 0.29) is 16.3 Å². The average molecular weight is 547 g/mol. The fourth-order valence-corrected chi connectivity index (χ4v) is 4.56. The van der Waals surface area contributed by atoms with E-state index in [4.69, 9.17) is 0 Å². The molecule has 0 fully saturated rings. The van der Waals surface area contributed by atoms with Gasteiger partial charge in [0.1, 0.15) is 21.3 Å². The summed E-state index contributed by atoms with van der Waals surface area (Å²) in [4.78, 5) is 22.3. The van der Waals surface area contributed by atoms with Crippen molar-refractivity contribution in [3.05, 3.63) is 64.3 Å². The van der Waals surface area contributed by atoms with Crippen LogP contribution in [0, 0.1) is 0 Å². The molecule has 2 aromatic heterocycles. The topological polar surface area (TPSA) is 67.4 Å². The predicted octanol–water partition coefficient (Wildman–Crippen LogP) is 6.46. The molecule has 0 saturated carbocycles. The molecular weight excluding hydrogens is 522 g/mol. The molecule has 0 saturated heterocycles. The summed E-state index contributed by atoms with van der Waals surface area (Å²) in [5, 5.41) is 2.35. The number of benzene rings is 1. The van der Waals surface area contributed by atoms with E-state index in [2.05, 4.69) is 24.9 Å². The van der Waals surface area contributed by atoms with Crippen molar-refractivity contribution in [2.75, 3.05) is 13.1 Å². The summed E-state index contributed by atoms with van der Waals surface area (Å²) in [5.74, 6) is -1.58. The molecule has 0 aliphatic heterocycles. The molecule has 3 aromatic rings. The number of nitrogens with zero attached hydrogens (tertiary/aromatic N) is 3. The standard InChI is InChI=1S/C24H24F6N4O2S/c1-4-34(5-2)13-16-9-7-11-31-18(16)22-33-20(23(25,26)27)19(37-22)21(35)32-14(3)15-8-6-10-17(12-15)36-24(28,29)30/h6-12,14H,4-5,13H2,1-3H3,(H,32,35). The van der Waals surface area contributed by atoms with E-state index in [0.717, 1.165) is 25.2 Å². The van der Waals surface area contributed by atoms with Gasteiger partial charge in [0.05, 0.1) is 6.04 Å². The van der Waals surface area contributed by atoms with Crippen LogP contribution in [0.1, 0.15) is 53.3 Å². The number of carbonyl (C=O) groups excluding carboxylic acids is 1. The van der Waals surface area contributed by atoms with Crippen LogP contribution in [-0.2, 0) is 12.7 Å². The third-order valence-corrected chi connectivity index (χ3v) is 6.48. The normalized spacial score (nSPS) is 13.0. The third-order valence-electron chi connectivity index (χ3n) is 5.42. The minimum atomic E-state index is -4.92. The summed E-state index contributed by atoms with van der Waals surface area (Å²) in [6, 6.07) is 7.32. The van der Waals surface area contributed by atoms with Crippen LogP contribution in [0.15, 0.2) is 42.6 Å². The Kier molecular flexibility index (Phi) is 8.80. The number of nitrogens with one attached hydrogen (secondary N) is 1. The van der Waals surface area contributed by atoms with Crippen LogP contribution < -0.4 is 10.1 Å². The van der Waals surface area contributed by atoms with Crippen LogP contribution in [0.25, 0.3) is 10.7 Å². The van der Waals surface area contributed by atoms with Crippen LogP contribution in [0.2, 0.25) is 0 Å². The van der Waals surface area contributed by atoms with E-state index < -0.39 is 40.8 Å². The minimum Gasteiger partial charge on any atom is -0.406 e. The molecule has 1 amide bonds. The molecule has 0 spiro atoms. The Balaban J connectivity index is 1.92. The van der Waals surface area contributed by atoms with Gasteiger partial charge in [-0.25, -0.2) is 4.98 Å². The second kappa shape index (κ2) is 11.5. The van der Waals surface area contributed by atoms with Crippen LogP contribution in [0.5, 0.6) is 5.75 Å². The summed E-state index contributed by atoms with van der Waals surface area (Å²) < 4.78 is 83.0. The maximum Gasteiger partial charge on any atom is 0.573 e. The predicted molar refractivity (Wildman–Crippen MR) is 126 cm³/mol. The van der Waals surface area contributed by atoms with Crippen molar-refractivity contribution >= 4 is 17.2 Å². The molecule has 2 heterocycles. The van der Waals surface area contributed by atoms with Gasteiger partial charge >= 0.3 is 12.5 Å².